The van der Waals surface area contributed by atoms with E-state index < -0.39 is 0 Å². The van der Waals surface area contributed by atoms with Crippen LogP contribution in [0.25, 0.3) is 5.65 Å². The van der Waals surface area contributed by atoms with Crippen molar-refractivity contribution >= 4 is 21.6 Å². The first kappa shape index (κ1) is 8.65. The topological polar surface area (TPSA) is 42.2 Å². The Morgan fingerprint density at radius 1 is 1.54 bits per heavy atom. The molecule has 2 heterocycles. The highest BCUT2D eigenvalue weighted by molar-refractivity contribution is 9.10. The van der Waals surface area contributed by atoms with Crippen LogP contribution < -0.4 is 5.32 Å². The van der Waals surface area contributed by atoms with Crippen molar-refractivity contribution < 1.29 is 0 Å². The van der Waals surface area contributed by atoms with E-state index in [0.717, 1.165) is 22.5 Å². The zero-order valence-electron chi connectivity index (χ0n) is 7.16. The number of aromatic nitrogens is 3. The highest BCUT2D eigenvalue weighted by Crippen LogP contribution is 2.08. The zero-order valence-corrected chi connectivity index (χ0v) is 8.74. The van der Waals surface area contributed by atoms with Crippen LogP contribution in [0.5, 0.6) is 0 Å². The largest absolute Gasteiger partial charge is 0.314 e. The first-order valence-electron chi connectivity index (χ1n) is 3.93. The van der Waals surface area contributed by atoms with Crippen LogP contribution in [0.1, 0.15) is 5.69 Å². The summed E-state index contributed by atoms with van der Waals surface area (Å²) in [6.45, 7) is 0.777. The zero-order chi connectivity index (χ0) is 9.26. The molecule has 1 N–H and O–H groups in total. The van der Waals surface area contributed by atoms with Crippen LogP contribution in [0.15, 0.2) is 23.2 Å². The lowest BCUT2D eigenvalue weighted by Gasteiger charge is -1.90. The molecule has 13 heavy (non-hydrogen) atoms. The second-order valence-corrected chi connectivity index (χ2v) is 3.55. The number of hydrogen-bond donors (Lipinski definition) is 1. The Bertz CT molecular complexity index is 423. The van der Waals surface area contributed by atoms with Gasteiger partial charge in [0.05, 0.1) is 11.9 Å². The summed E-state index contributed by atoms with van der Waals surface area (Å²) in [7, 11) is 1.90. The van der Waals surface area contributed by atoms with Crippen molar-refractivity contribution in [1.29, 1.82) is 0 Å². The van der Waals surface area contributed by atoms with Gasteiger partial charge in [0.2, 0.25) is 0 Å². The lowest BCUT2D eigenvalue weighted by atomic mass is 10.5. The average molecular weight is 241 g/mol. The first-order valence-corrected chi connectivity index (χ1v) is 4.72. The lowest BCUT2D eigenvalue weighted by molar-refractivity contribution is 0.798. The van der Waals surface area contributed by atoms with Gasteiger partial charge in [0.15, 0.2) is 5.65 Å². The molecule has 4 nitrogen and oxygen atoms in total. The van der Waals surface area contributed by atoms with E-state index in [2.05, 4.69) is 31.2 Å². The molecule has 0 spiro atoms. The summed E-state index contributed by atoms with van der Waals surface area (Å²) in [5, 5.41) is 3.05. The molecule has 0 aliphatic rings. The van der Waals surface area contributed by atoms with Gasteiger partial charge in [-0.2, -0.15) is 0 Å². The minimum atomic E-state index is 0.777. The summed E-state index contributed by atoms with van der Waals surface area (Å²) in [6.07, 6.45) is 5.61. The Hall–Kier alpha value is -0.940. The number of nitrogens with one attached hydrogen (secondary N) is 1. The highest BCUT2D eigenvalue weighted by atomic mass is 79.9. The number of halogens is 1. The van der Waals surface area contributed by atoms with Gasteiger partial charge < -0.3 is 9.72 Å². The highest BCUT2D eigenvalue weighted by Gasteiger charge is 2.00. The number of rotatable bonds is 2. The van der Waals surface area contributed by atoms with Crippen LogP contribution in [0.3, 0.4) is 0 Å². The Morgan fingerprint density at radius 3 is 3.15 bits per heavy atom. The molecule has 5 heteroatoms. The third kappa shape index (κ3) is 1.71. The summed E-state index contributed by atoms with van der Waals surface area (Å²) < 4.78 is 2.76. The summed E-state index contributed by atoms with van der Waals surface area (Å²) in [5.74, 6) is 0. The Kier molecular flexibility index (Phi) is 2.28. The monoisotopic (exact) mass is 240 g/mol. The van der Waals surface area contributed by atoms with Crippen LogP contribution >= 0.6 is 15.9 Å². The standard InChI is InChI=1S/C8H9BrN4/c1-10-2-6-4-13-5-7(9)11-3-8(13)12-6/h3-5,10H,2H2,1H3. The molecule has 0 aliphatic carbocycles. The van der Waals surface area contributed by atoms with E-state index in [9.17, 15) is 0 Å². The van der Waals surface area contributed by atoms with Crippen LogP contribution in [0.4, 0.5) is 0 Å². The molecule has 0 amide bonds. The number of fused-ring (bicyclic) bond motifs is 1. The number of hydrogen-bond acceptors (Lipinski definition) is 3. The molecule has 2 rings (SSSR count). The van der Waals surface area contributed by atoms with Gasteiger partial charge in [-0.25, -0.2) is 9.97 Å². The van der Waals surface area contributed by atoms with Crippen LogP contribution in [0, 0.1) is 0 Å². The maximum Gasteiger partial charge on any atom is 0.155 e. The van der Waals surface area contributed by atoms with Crippen molar-refractivity contribution in [3.8, 4) is 0 Å². The van der Waals surface area contributed by atoms with Crippen molar-refractivity contribution in [3.05, 3.63) is 28.9 Å². The van der Waals surface area contributed by atoms with Gasteiger partial charge in [-0.15, -0.1) is 0 Å². The van der Waals surface area contributed by atoms with Crippen LogP contribution in [-0.2, 0) is 6.54 Å². The van der Waals surface area contributed by atoms with Gasteiger partial charge in [0.25, 0.3) is 0 Å². The number of imidazole rings is 1. The van der Waals surface area contributed by atoms with Crippen molar-refractivity contribution in [2.75, 3.05) is 7.05 Å². The summed E-state index contributed by atoms with van der Waals surface area (Å²) in [6, 6.07) is 0. The molecule has 0 fully saturated rings. The molecule has 0 aliphatic heterocycles. The molecule has 0 atom stereocenters. The summed E-state index contributed by atoms with van der Waals surface area (Å²) >= 11 is 3.31. The quantitative estimate of drug-likeness (QED) is 0.859. The second kappa shape index (κ2) is 3.43. The van der Waals surface area contributed by atoms with E-state index in [1.807, 2.05) is 23.8 Å². The molecule has 2 aromatic heterocycles. The molecule has 2 aromatic rings. The minimum absolute atomic E-state index is 0.777. The van der Waals surface area contributed by atoms with Crippen molar-refractivity contribution in [3.63, 3.8) is 0 Å². The Morgan fingerprint density at radius 2 is 2.38 bits per heavy atom. The van der Waals surface area contributed by atoms with E-state index in [1.165, 1.54) is 0 Å². The molecule has 68 valence electrons. The normalized spacial score (nSPS) is 10.9. The van der Waals surface area contributed by atoms with Crippen LogP contribution in [-0.4, -0.2) is 21.4 Å². The summed E-state index contributed by atoms with van der Waals surface area (Å²) in [4.78, 5) is 8.45. The molecule has 0 bridgehead atoms. The van der Waals surface area contributed by atoms with E-state index in [1.54, 1.807) is 6.20 Å². The predicted molar refractivity (Wildman–Crippen MR) is 53.5 cm³/mol. The average Bonchev–Trinajstić information content (AvgIpc) is 2.46. The van der Waals surface area contributed by atoms with Crippen molar-refractivity contribution in [2.45, 2.75) is 6.54 Å². The lowest BCUT2D eigenvalue weighted by Crippen LogP contribution is -2.04. The van der Waals surface area contributed by atoms with Gasteiger partial charge in [-0.3, -0.25) is 0 Å². The second-order valence-electron chi connectivity index (χ2n) is 2.74. The maximum absolute atomic E-state index is 4.36. The van der Waals surface area contributed by atoms with E-state index >= 15 is 0 Å². The Balaban J connectivity index is 2.49. The Labute approximate surface area is 84.1 Å². The van der Waals surface area contributed by atoms with Crippen LogP contribution in [0.2, 0.25) is 0 Å². The van der Waals surface area contributed by atoms with Gasteiger partial charge in [-0.1, -0.05) is 0 Å². The van der Waals surface area contributed by atoms with Crippen molar-refractivity contribution in [1.82, 2.24) is 19.7 Å². The minimum Gasteiger partial charge on any atom is -0.314 e. The van der Waals surface area contributed by atoms with Crippen molar-refractivity contribution in [2.24, 2.45) is 0 Å². The smallest absolute Gasteiger partial charge is 0.155 e. The van der Waals surface area contributed by atoms with Gasteiger partial charge in [0, 0.05) is 18.9 Å². The van der Waals surface area contributed by atoms with E-state index in [4.69, 9.17) is 0 Å². The molecule has 0 unspecified atom stereocenters. The molecular formula is C8H9BrN4. The van der Waals surface area contributed by atoms with E-state index in [0.29, 0.717) is 0 Å². The molecule has 0 saturated carbocycles. The van der Waals surface area contributed by atoms with E-state index in [-0.39, 0.29) is 0 Å². The fraction of sp³-hybridized carbons (Fsp3) is 0.250. The fourth-order valence-electron chi connectivity index (χ4n) is 1.19. The maximum atomic E-state index is 4.36. The van der Waals surface area contributed by atoms with Gasteiger partial charge >= 0.3 is 0 Å². The SMILES string of the molecule is CNCc1cn2cc(Br)ncc2n1. The first-order chi connectivity index (χ1) is 6.29. The predicted octanol–water partition coefficient (Wildman–Crippen LogP) is 1.21. The third-order valence-electron chi connectivity index (χ3n) is 1.72. The van der Waals surface area contributed by atoms with Gasteiger partial charge in [0.1, 0.15) is 4.60 Å². The third-order valence-corrected chi connectivity index (χ3v) is 2.13. The molecular weight excluding hydrogens is 232 g/mol. The molecule has 0 radical (unpaired) electrons. The van der Waals surface area contributed by atoms with Gasteiger partial charge in [-0.05, 0) is 23.0 Å². The molecule has 0 aromatic carbocycles. The number of nitrogens with zero attached hydrogens (tertiary/aromatic N) is 3. The fourth-order valence-corrected chi connectivity index (χ4v) is 1.52. The molecule has 0 saturated heterocycles. The summed E-state index contributed by atoms with van der Waals surface area (Å²) in [5.41, 5.74) is 1.89.